The van der Waals surface area contributed by atoms with Crippen LogP contribution >= 0.6 is 0 Å². The van der Waals surface area contributed by atoms with E-state index in [1.165, 1.54) is 0 Å². The van der Waals surface area contributed by atoms with Crippen molar-refractivity contribution in [3.63, 3.8) is 0 Å². The SMILES string of the molecule is CCc1[nH]nc2ccc(NC(=O)CC3=C(C)NC(=O)CC3c3ccc4ccccc4c3)cc12. The van der Waals surface area contributed by atoms with Crippen LogP contribution in [0.25, 0.3) is 21.7 Å². The van der Waals surface area contributed by atoms with Crippen molar-refractivity contribution in [1.82, 2.24) is 15.5 Å². The number of rotatable bonds is 5. The van der Waals surface area contributed by atoms with Gasteiger partial charge in [0.1, 0.15) is 0 Å². The molecule has 1 atom stereocenters. The number of allylic oxidation sites excluding steroid dienone is 1. The Labute approximate surface area is 192 Å². The largest absolute Gasteiger partial charge is 0.330 e. The van der Waals surface area contributed by atoms with Gasteiger partial charge in [-0.05, 0) is 53.5 Å². The maximum Gasteiger partial charge on any atom is 0.228 e. The van der Waals surface area contributed by atoms with Gasteiger partial charge in [-0.15, -0.1) is 0 Å². The molecule has 6 nitrogen and oxygen atoms in total. The van der Waals surface area contributed by atoms with Crippen LogP contribution in [0, 0.1) is 0 Å². The van der Waals surface area contributed by atoms with E-state index in [0.29, 0.717) is 6.42 Å². The summed E-state index contributed by atoms with van der Waals surface area (Å²) in [5, 5.41) is 16.6. The fourth-order valence-corrected chi connectivity index (χ4v) is 4.70. The van der Waals surface area contributed by atoms with Gasteiger partial charge in [-0.1, -0.05) is 49.4 Å². The van der Waals surface area contributed by atoms with E-state index < -0.39 is 0 Å². The van der Waals surface area contributed by atoms with Crippen LogP contribution in [0.1, 0.15) is 43.9 Å². The molecular formula is C27H26N4O2. The van der Waals surface area contributed by atoms with Gasteiger partial charge in [0.15, 0.2) is 0 Å². The lowest BCUT2D eigenvalue weighted by molar-refractivity contribution is -0.121. The van der Waals surface area contributed by atoms with Crippen LogP contribution in [-0.4, -0.2) is 22.0 Å². The average Bonchev–Trinajstić information content (AvgIpc) is 3.22. The highest BCUT2D eigenvalue weighted by molar-refractivity contribution is 5.96. The molecule has 5 rings (SSSR count). The van der Waals surface area contributed by atoms with Crippen molar-refractivity contribution in [2.24, 2.45) is 0 Å². The number of carbonyl (C=O) groups excluding carboxylic acids is 2. The third-order valence-corrected chi connectivity index (χ3v) is 6.42. The molecule has 3 aromatic carbocycles. The number of aromatic nitrogens is 2. The maximum atomic E-state index is 13.0. The number of H-pyrrole nitrogens is 1. The van der Waals surface area contributed by atoms with E-state index in [-0.39, 0.29) is 24.2 Å². The molecule has 0 saturated heterocycles. The van der Waals surface area contributed by atoms with Crippen molar-refractivity contribution in [3.8, 4) is 0 Å². The van der Waals surface area contributed by atoms with Crippen LogP contribution in [0.5, 0.6) is 0 Å². The molecule has 0 radical (unpaired) electrons. The number of hydrogen-bond donors (Lipinski definition) is 3. The Morgan fingerprint density at radius 2 is 1.91 bits per heavy atom. The molecule has 166 valence electrons. The third kappa shape index (κ3) is 4.12. The molecule has 0 aliphatic carbocycles. The molecule has 3 N–H and O–H groups in total. The molecule has 0 fully saturated rings. The molecule has 4 aromatic rings. The number of fused-ring (bicyclic) bond motifs is 2. The Hall–Kier alpha value is -3.93. The molecule has 2 amide bonds. The fourth-order valence-electron chi connectivity index (χ4n) is 4.70. The summed E-state index contributed by atoms with van der Waals surface area (Å²) in [7, 11) is 0. The molecule has 1 aliphatic heterocycles. The minimum absolute atomic E-state index is 0.0210. The third-order valence-electron chi connectivity index (χ3n) is 6.42. The zero-order chi connectivity index (χ0) is 22.9. The van der Waals surface area contributed by atoms with E-state index in [1.54, 1.807) is 0 Å². The second-order valence-electron chi connectivity index (χ2n) is 8.57. The predicted octanol–water partition coefficient (Wildman–Crippen LogP) is 5.18. The molecule has 6 heteroatoms. The number of amides is 2. The van der Waals surface area contributed by atoms with Crippen LogP contribution in [0.2, 0.25) is 0 Å². The van der Waals surface area contributed by atoms with Crippen LogP contribution in [0.15, 0.2) is 71.9 Å². The average molecular weight is 439 g/mol. The number of aryl methyl sites for hydroxylation is 1. The van der Waals surface area contributed by atoms with Gasteiger partial charge in [0, 0.05) is 34.8 Å². The summed E-state index contributed by atoms with van der Waals surface area (Å²) in [6, 6.07) is 20.2. The number of hydrogen-bond acceptors (Lipinski definition) is 3. The molecule has 33 heavy (non-hydrogen) atoms. The summed E-state index contributed by atoms with van der Waals surface area (Å²) >= 11 is 0. The summed E-state index contributed by atoms with van der Waals surface area (Å²) in [6.45, 7) is 3.94. The van der Waals surface area contributed by atoms with E-state index in [1.807, 2.05) is 37.3 Å². The van der Waals surface area contributed by atoms with Crippen molar-refractivity contribution in [2.45, 2.75) is 39.0 Å². The van der Waals surface area contributed by atoms with Gasteiger partial charge < -0.3 is 10.6 Å². The Balaban J connectivity index is 1.41. The maximum absolute atomic E-state index is 13.0. The lowest BCUT2D eigenvalue weighted by Crippen LogP contribution is -2.32. The van der Waals surface area contributed by atoms with Gasteiger partial charge in [0.05, 0.1) is 11.9 Å². The second kappa shape index (κ2) is 8.54. The Kier molecular flexibility index (Phi) is 5.42. The normalized spacial score (nSPS) is 16.3. The quantitative estimate of drug-likeness (QED) is 0.401. The predicted molar refractivity (Wildman–Crippen MR) is 131 cm³/mol. The van der Waals surface area contributed by atoms with Gasteiger partial charge in [-0.3, -0.25) is 14.7 Å². The minimum Gasteiger partial charge on any atom is -0.330 e. The van der Waals surface area contributed by atoms with Gasteiger partial charge in [-0.25, -0.2) is 0 Å². The summed E-state index contributed by atoms with van der Waals surface area (Å²) in [5.41, 5.74) is 5.43. The van der Waals surface area contributed by atoms with Crippen molar-refractivity contribution >= 4 is 39.2 Å². The smallest absolute Gasteiger partial charge is 0.228 e. The molecule has 1 aliphatic rings. The van der Waals surface area contributed by atoms with Gasteiger partial charge in [0.2, 0.25) is 11.8 Å². The lowest BCUT2D eigenvalue weighted by atomic mass is 9.82. The van der Waals surface area contributed by atoms with Gasteiger partial charge >= 0.3 is 0 Å². The molecule has 0 spiro atoms. The van der Waals surface area contributed by atoms with Gasteiger partial charge in [-0.2, -0.15) is 5.10 Å². The lowest BCUT2D eigenvalue weighted by Gasteiger charge is -2.28. The molecule has 1 unspecified atom stereocenters. The first-order chi connectivity index (χ1) is 16.0. The minimum atomic E-state index is -0.128. The van der Waals surface area contributed by atoms with Crippen LogP contribution in [0.3, 0.4) is 0 Å². The second-order valence-corrected chi connectivity index (χ2v) is 8.57. The molecule has 0 bridgehead atoms. The van der Waals surface area contributed by atoms with E-state index in [2.05, 4.69) is 58.1 Å². The van der Waals surface area contributed by atoms with Crippen LogP contribution in [0.4, 0.5) is 5.69 Å². The fraction of sp³-hybridized carbons (Fsp3) is 0.222. The first-order valence-electron chi connectivity index (χ1n) is 11.3. The van der Waals surface area contributed by atoms with E-state index in [9.17, 15) is 9.59 Å². The van der Waals surface area contributed by atoms with Crippen molar-refractivity contribution in [2.75, 3.05) is 5.32 Å². The standard InChI is InChI=1S/C27H26N4O2/c1-3-24-23-13-20(10-11-25(23)31-30-24)29-27(33)14-21-16(2)28-26(32)15-22(21)19-9-8-17-6-4-5-7-18(17)12-19/h4-13,22H,3,14-15H2,1-2H3,(H,28,32)(H,29,33)(H,30,31). The van der Waals surface area contributed by atoms with Crippen molar-refractivity contribution in [3.05, 3.63) is 83.2 Å². The van der Waals surface area contributed by atoms with Crippen LogP contribution in [-0.2, 0) is 16.0 Å². The summed E-state index contributed by atoms with van der Waals surface area (Å²) in [5.74, 6) is -0.253. The number of carbonyl (C=O) groups is 2. The number of aromatic amines is 1. The van der Waals surface area contributed by atoms with Crippen molar-refractivity contribution in [1.29, 1.82) is 0 Å². The highest BCUT2D eigenvalue weighted by atomic mass is 16.2. The van der Waals surface area contributed by atoms with Crippen LogP contribution < -0.4 is 10.6 Å². The molecule has 2 heterocycles. The van der Waals surface area contributed by atoms with E-state index in [4.69, 9.17) is 0 Å². The zero-order valence-corrected chi connectivity index (χ0v) is 18.7. The highest BCUT2D eigenvalue weighted by Gasteiger charge is 2.29. The number of nitrogens with one attached hydrogen (secondary N) is 3. The number of anilines is 1. The number of nitrogens with zero attached hydrogens (tertiary/aromatic N) is 1. The summed E-state index contributed by atoms with van der Waals surface area (Å²) in [6.07, 6.45) is 1.39. The summed E-state index contributed by atoms with van der Waals surface area (Å²) in [4.78, 5) is 25.4. The zero-order valence-electron chi connectivity index (χ0n) is 18.7. The first-order valence-corrected chi connectivity index (χ1v) is 11.3. The van der Waals surface area contributed by atoms with E-state index in [0.717, 1.165) is 56.3 Å². The Bertz CT molecular complexity index is 1420. The highest BCUT2D eigenvalue weighted by Crippen LogP contribution is 2.36. The first kappa shape index (κ1) is 20.9. The van der Waals surface area contributed by atoms with E-state index >= 15 is 0 Å². The Morgan fingerprint density at radius 1 is 1.09 bits per heavy atom. The number of benzene rings is 3. The summed E-state index contributed by atoms with van der Waals surface area (Å²) < 4.78 is 0. The molecule has 0 saturated carbocycles. The monoisotopic (exact) mass is 438 g/mol. The molecular weight excluding hydrogens is 412 g/mol. The topological polar surface area (TPSA) is 86.9 Å². The van der Waals surface area contributed by atoms with Crippen molar-refractivity contribution < 1.29 is 9.59 Å². The Morgan fingerprint density at radius 3 is 2.73 bits per heavy atom. The molecule has 1 aromatic heterocycles. The van der Waals surface area contributed by atoms with Gasteiger partial charge in [0.25, 0.3) is 0 Å².